The van der Waals surface area contributed by atoms with Crippen molar-refractivity contribution in [3.8, 4) is 17.2 Å². The smallest absolute Gasteiger partial charge is 0.416 e. The van der Waals surface area contributed by atoms with Gasteiger partial charge in [0.25, 0.3) is 11.8 Å². The second kappa shape index (κ2) is 26.4. The molecule has 10 rings (SSSR count). The average molecular weight is 1170 g/mol. The minimum Gasteiger partial charge on any atom is -0.493 e. The fourth-order valence-electron chi connectivity index (χ4n) is 11.6. The van der Waals surface area contributed by atoms with E-state index in [0.29, 0.717) is 53.9 Å². The van der Waals surface area contributed by atoms with Crippen LogP contribution in [0, 0.1) is 25.2 Å². The Morgan fingerprint density at radius 2 is 1.45 bits per heavy atom. The van der Waals surface area contributed by atoms with Gasteiger partial charge in [0.05, 0.1) is 80.3 Å². The standard InChI is InChI=1S/C67H71N5O14/c1-6-24-84-60(74)32-48(29-44-12-9-8-10-13-44)61(75)68-37-51(73)30-45-16-18-46(19-17-45)40-86-66(80)72-55-35-57(43(4)28-52(55)63(77)71-41-67(22-23-67)36-56(71)64(72)78)82-26-11-27-83-59-34-54-53(33-58(59)81-5)62(76)69-38-49(47-20-14-42(3)15-21-47)31-50(69)39-70(54)65(79)85-25-7-2/h6-10,12-21,28,33-35,38,48,50,56,64,78H,1-2,11,22-27,29-32,36-37,39-41H2,3-5H3,(H,68,75)/t48-,50+,56+,64?/m1/s1. The summed E-state index contributed by atoms with van der Waals surface area (Å²) in [6.07, 6.45) is 5.14. The molecule has 4 aliphatic heterocycles. The summed E-state index contributed by atoms with van der Waals surface area (Å²) in [5.74, 6) is -1.71. The minimum atomic E-state index is -1.44. The van der Waals surface area contributed by atoms with Crippen molar-refractivity contribution < 1.29 is 67.1 Å². The average Bonchev–Trinajstić information content (AvgIpc) is 1.71. The molecular formula is C67H71N5O14. The molecule has 19 nitrogen and oxygen atoms in total. The number of ketones is 1. The van der Waals surface area contributed by atoms with Crippen LogP contribution in [0.5, 0.6) is 17.2 Å². The number of aliphatic hydroxyl groups is 1. The van der Waals surface area contributed by atoms with Crippen LogP contribution in [-0.2, 0) is 48.0 Å². The number of hydrogen-bond acceptors (Lipinski definition) is 14. The van der Waals surface area contributed by atoms with Gasteiger partial charge in [-0.15, -0.1) is 0 Å². The van der Waals surface area contributed by atoms with Crippen LogP contribution in [0.3, 0.4) is 0 Å². The SMILES string of the molecule is C=CCOC(=O)C[C@@H](Cc1ccccc1)C(=O)NCC(=O)Cc1ccc(COC(=O)N2c3cc(OCCCOc4cc5c(cc4OC)C(=O)N4C=C(c6ccc(C)cc6)C[C@H]4CN5C(=O)OCC=C)c(C)cc3C(=O)N3CC4(CC4)C[C@H]3C2O)cc1. The van der Waals surface area contributed by atoms with E-state index < -0.39 is 42.3 Å². The molecule has 1 aliphatic carbocycles. The summed E-state index contributed by atoms with van der Waals surface area (Å²) in [4.78, 5) is 102. The van der Waals surface area contributed by atoms with E-state index in [1.54, 1.807) is 65.3 Å². The van der Waals surface area contributed by atoms with Crippen LogP contribution in [0.4, 0.5) is 21.0 Å². The Kier molecular flexibility index (Phi) is 18.4. The van der Waals surface area contributed by atoms with Gasteiger partial charge in [0.15, 0.2) is 23.5 Å². The number of amides is 5. The Balaban J connectivity index is 0.787. The molecule has 86 heavy (non-hydrogen) atoms. The highest BCUT2D eigenvalue weighted by molar-refractivity contribution is 6.07. The summed E-state index contributed by atoms with van der Waals surface area (Å²) in [5.41, 5.74) is 6.59. The number of hydrogen-bond donors (Lipinski definition) is 2. The lowest BCUT2D eigenvalue weighted by Gasteiger charge is -2.31. The van der Waals surface area contributed by atoms with Gasteiger partial charge in [0.2, 0.25) is 5.91 Å². The van der Waals surface area contributed by atoms with E-state index in [1.165, 1.54) is 24.2 Å². The molecule has 5 aliphatic rings. The minimum absolute atomic E-state index is 0.00233. The lowest BCUT2D eigenvalue weighted by molar-refractivity contribution is -0.145. The molecule has 5 amide bonds. The van der Waals surface area contributed by atoms with Gasteiger partial charge in [-0.1, -0.05) is 110 Å². The molecule has 5 aromatic rings. The number of nitrogens with one attached hydrogen (secondary N) is 1. The molecule has 1 saturated carbocycles. The van der Waals surface area contributed by atoms with Crippen molar-refractivity contribution in [3.05, 3.63) is 179 Å². The van der Waals surface area contributed by atoms with Crippen molar-refractivity contribution in [2.24, 2.45) is 11.3 Å². The van der Waals surface area contributed by atoms with Crippen molar-refractivity contribution in [2.75, 3.05) is 63.0 Å². The van der Waals surface area contributed by atoms with E-state index in [1.807, 2.05) is 67.7 Å². The molecule has 0 radical (unpaired) electrons. The fraction of sp³-hybridized carbons (Fsp3) is 0.358. The molecule has 1 spiro atoms. The number of esters is 1. The number of anilines is 2. The number of Topliss-reactive ketones (excluding diaryl/α,β-unsaturated/α-hetero) is 1. The molecule has 4 atom stereocenters. The van der Waals surface area contributed by atoms with Crippen LogP contribution in [0.1, 0.15) is 92.6 Å². The van der Waals surface area contributed by atoms with Crippen molar-refractivity contribution in [2.45, 2.75) is 90.1 Å². The van der Waals surface area contributed by atoms with E-state index in [9.17, 15) is 38.7 Å². The Morgan fingerprint density at radius 1 is 0.767 bits per heavy atom. The lowest BCUT2D eigenvalue weighted by atomic mass is 9.95. The molecule has 1 saturated heterocycles. The molecule has 4 heterocycles. The molecule has 2 fully saturated rings. The summed E-state index contributed by atoms with van der Waals surface area (Å²) < 4.78 is 34.9. The normalized spacial score (nSPS) is 18.2. The Hall–Kier alpha value is -9.23. The summed E-state index contributed by atoms with van der Waals surface area (Å²) in [7, 11) is 1.47. The highest BCUT2D eigenvalue weighted by Gasteiger charge is 2.58. The first-order valence-corrected chi connectivity index (χ1v) is 29.0. The number of aryl methyl sites for hydroxylation is 2. The van der Waals surface area contributed by atoms with E-state index >= 15 is 0 Å². The molecule has 2 N–H and O–H groups in total. The van der Waals surface area contributed by atoms with Crippen LogP contribution < -0.4 is 29.3 Å². The number of carbonyl (C=O) groups is 7. The molecular weight excluding hydrogens is 1100 g/mol. The number of carbonyl (C=O) groups excluding carboxylic acids is 7. The Bertz CT molecular complexity index is 3450. The zero-order valence-corrected chi connectivity index (χ0v) is 48.6. The second-order valence-corrected chi connectivity index (χ2v) is 22.6. The topological polar surface area (TPSA) is 220 Å². The van der Waals surface area contributed by atoms with Crippen LogP contribution >= 0.6 is 0 Å². The summed E-state index contributed by atoms with van der Waals surface area (Å²) in [6.45, 7) is 11.4. The third kappa shape index (κ3) is 13.5. The van der Waals surface area contributed by atoms with Crippen molar-refractivity contribution in [3.63, 3.8) is 0 Å². The van der Waals surface area contributed by atoms with Crippen LogP contribution in [0.25, 0.3) is 5.57 Å². The summed E-state index contributed by atoms with van der Waals surface area (Å²) in [5, 5.41) is 14.8. The zero-order valence-electron chi connectivity index (χ0n) is 48.6. The predicted molar refractivity (Wildman–Crippen MR) is 320 cm³/mol. The van der Waals surface area contributed by atoms with Crippen molar-refractivity contribution in [1.29, 1.82) is 0 Å². The second-order valence-electron chi connectivity index (χ2n) is 22.6. The highest BCUT2D eigenvalue weighted by Crippen LogP contribution is 2.57. The first-order valence-electron chi connectivity index (χ1n) is 29.0. The van der Waals surface area contributed by atoms with Crippen molar-refractivity contribution in [1.82, 2.24) is 15.1 Å². The van der Waals surface area contributed by atoms with Crippen LogP contribution in [-0.4, -0.2) is 128 Å². The largest absolute Gasteiger partial charge is 0.493 e. The van der Waals surface area contributed by atoms with E-state index in [0.717, 1.165) is 40.0 Å². The zero-order chi connectivity index (χ0) is 60.6. The Morgan fingerprint density at radius 3 is 2.16 bits per heavy atom. The maximum Gasteiger partial charge on any atom is 0.416 e. The number of rotatable bonds is 23. The van der Waals surface area contributed by atoms with E-state index in [4.69, 9.17) is 28.4 Å². The van der Waals surface area contributed by atoms with Gasteiger partial charge in [-0.25, -0.2) is 14.5 Å². The number of benzene rings is 5. The van der Waals surface area contributed by atoms with Gasteiger partial charge >= 0.3 is 18.2 Å². The van der Waals surface area contributed by atoms with Gasteiger partial charge in [0.1, 0.15) is 25.6 Å². The van der Waals surface area contributed by atoms with Gasteiger partial charge in [0, 0.05) is 37.7 Å². The molecule has 1 unspecified atom stereocenters. The maximum atomic E-state index is 14.4. The molecule has 0 aromatic heterocycles. The molecule has 448 valence electrons. The van der Waals surface area contributed by atoms with E-state index in [2.05, 4.69) is 18.5 Å². The number of aliphatic hydroxyl groups excluding tert-OH is 1. The number of ether oxygens (including phenoxy) is 6. The van der Waals surface area contributed by atoms with Gasteiger partial charge in [-0.2, -0.15) is 0 Å². The molecule has 5 aromatic carbocycles. The van der Waals surface area contributed by atoms with Gasteiger partial charge in [-0.05, 0) is 96.9 Å². The number of nitrogens with zero attached hydrogens (tertiary/aromatic N) is 4. The predicted octanol–water partition coefficient (Wildman–Crippen LogP) is 9.23. The molecule has 0 bridgehead atoms. The fourth-order valence-corrected chi connectivity index (χ4v) is 11.6. The van der Waals surface area contributed by atoms with Gasteiger partial charge < -0.3 is 48.6 Å². The Labute approximate surface area is 499 Å². The highest BCUT2D eigenvalue weighted by atomic mass is 16.6. The summed E-state index contributed by atoms with van der Waals surface area (Å²) >= 11 is 0. The third-order valence-electron chi connectivity index (χ3n) is 16.4. The monoisotopic (exact) mass is 1170 g/mol. The first kappa shape index (κ1) is 59.9. The van der Waals surface area contributed by atoms with E-state index in [-0.39, 0.29) is 123 Å². The molecule has 19 heteroatoms. The third-order valence-corrected chi connectivity index (χ3v) is 16.4. The summed E-state index contributed by atoms with van der Waals surface area (Å²) in [6, 6.07) is 29.6. The van der Waals surface area contributed by atoms with Crippen LogP contribution in [0.2, 0.25) is 0 Å². The van der Waals surface area contributed by atoms with Crippen LogP contribution in [0.15, 0.2) is 135 Å². The quantitative estimate of drug-likeness (QED) is 0.0270. The number of fused-ring (bicyclic) bond motifs is 4. The maximum absolute atomic E-state index is 14.4. The van der Waals surface area contributed by atoms with Crippen molar-refractivity contribution >= 4 is 58.6 Å². The lowest BCUT2D eigenvalue weighted by Crippen LogP contribution is -2.50. The first-order chi connectivity index (χ1) is 41.5. The number of methoxy groups -OCH3 is 1. The van der Waals surface area contributed by atoms with Gasteiger partial charge in [-0.3, -0.25) is 28.9 Å².